The summed E-state index contributed by atoms with van der Waals surface area (Å²) < 4.78 is 16.6. The molecule has 0 aliphatic rings. The second kappa shape index (κ2) is 5.29. The summed E-state index contributed by atoms with van der Waals surface area (Å²) >= 11 is 10.9. The van der Waals surface area contributed by atoms with Gasteiger partial charge in [0.05, 0.1) is 24.1 Å². The predicted molar refractivity (Wildman–Crippen MR) is 77.1 cm³/mol. The Hall–Kier alpha value is 0.290. The molecule has 0 amide bonds. The van der Waals surface area contributed by atoms with E-state index in [0.717, 1.165) is 8.66 Å². The lowest BCUT2D eigenvalue weighted by atomic mass is 10.3. The number of thiophene rings is 1. The molecule has 0 saturated carbocycles. The molecule has 0 aliphatic carbocycles. The van der Waals surface area contributed by atoms with Gasteiger partial charge >= 0.3 is 0 Å². The van der Waals surface area contributed by atoms with E-state index in [4.69, 9.17) is 11.6 Å². The van der Waals surface area contributed by atoms with Crippen LogP contribution in [0.5, 0.6) is 0 Å². The summed E-state index contributed by atoms with van der Waals surface area (Å²) in [6.45, 7) is 7.51. The third-order valence-electron chi connectivity index (χ3n) is 1.73. The van der Waals surface area contributed by atoms with Gasteiger partial charge in [0.15, 0.2) is 0 Å². The molecule has 1 aromatic heterocycles. The van der Waals surface area contributed by atoms with Gasteiger partial charge in [-0.3, -0.25) is 0 Å². The van der Waals surface area contributed by atoms with Crippen LogP contribution in [-0.4, -0.2) is 14.7 Å². The van der Waals surface area contributed by atoms with Gasteiger partial charge in [0.2, 0.25) is 0 Å². The Morgan fingerprint density at radius 1 is 1.56 bits per heavy atom. The van der Waals surface area contributed by atoms with Gasteiger partial charge in [0.25, 0.3) is 0 Å². The lowest BCUT2D eigenvalue weighted by Gasteiger charge is -2.13. The minimum Gasteiger partial charge on any atom is -0.234 e. The predicted octanol–water partition coefficient (Wildman–Crippen LogP) is 4.44. The molecule has 2 nitrogen and oxygen atoms in total. The molecule has 0 spiro atoms. The fraction of sp³-hybridized carbons (Fsp3) is 0.500. The maximum Gasteiger partial charge on any atom is 0.145 e. The van der Waals surface area contributed by atoms with E-state index in [-0.39, 0.29) is 4.75 Å². The standard InChI is InChI=1S/C10H13BrClNOS2/c1-6(13-16(14)10(2,3)4)9-7(12)5-8(11)15-9/h5H,1-4H3. The van der Waals surface area contributed by atoms with Crippen LogP contribution in [0.25, 0.3) is 0 Å². The third kappa shape index (κ3) is 3.65. The number of hydrogen-bond donors (Lipinski definition) is 0. The van der Waals surface area contributed by atoms with Crippen LogP contribution in [-0.2, 0) is 11.0 Å². The molecule has 90 valence electrons. The molecule has 0 aromatic carbocycles. The zero-order valence-corrected chi connectivity index (χ0v) is 13.5. The monoisotopic (exact) mass is 341 g/mol. The Labute approximate surface area is 116 Å². The topological polar surface area (TPSA) is 29.4 Å². The fourth-order valence-electron chi connectivity index (χ4n) is 0.890. The maximum absolute atomic E-state index is 11.8. The molecule has 1 unspecified atom stereocenters. The Balaban J connectivity index is 3.03. The molecular weight excluding hydrogens is 330 g/mol. The normalized spacial score (nSPS) is 15.2. The van der Waals surface area contributed by atoms with Crippen molar-refractivity contribution < 1.29 is 4.21 Å². The summed E-state index contributed by atoms with van der Waals surface area (Å²) in [5, 5.41) is 0.643. The zero-order valence-electron chi connectivity index (χ0n) is 9.51. The van der Waals surface area contributed by atoms with Crippen LogP contribution in [0.1, 0.15) is 32.6 Å². The highest BCUT2D eigenvalue weighted by atomic mass is 79.9. The van der Waals surface area contributed by atoms with E-state index in [1.54, 1.807) is 0 Å². The summed E-state index contributed by atoms with van der Waals surface area (Å²) in [6.07, 6.45) is 0. The summed E-state index contributed by atoms with van der Waals surface area (Å²) in [6, 6.07) is 1.82. The average Bonchev–Trinajstić information content (AvgIpc) is 2.43. The summed E-state index contributed by atoms with van der Waals surface area (Å²) in [7, 11) is -1.25. The number of rotatable bonds is 2. The first-order valence-electron chi connectivity index (χ1n) is 4.64. The molecule has 0 aliphatic heterocycles. The van der Waals surface area contributed by atoms with Crippen LogP contribution >= 0.6 is 38.9 Å². The summed E-state index contributed by atoms with van der Waals surface area (Å²) in [5.74, 6) is 0. The Bertz CT molecular complexity index is 448. The summed E-state index contributed by atoms with van der Waals surface area (Å²) in [4.78, 5) is 0.867. The van der Waals surface area contributed by atoms with E-state index in [1.165, 1.54) is 11.3 Å². The van der Waals surface area contributed by atoms with Gasteiger partial charge in [0.1, 0.15) is 11.0 Å². The molecule has 0 bridgehead atoms. The minimum absolute atomic E-state index is 0.345. The van der Waals surface area contributed by atoms with Gasteiger partial charge in [-0.25, -0.2) is 4.21 Å². The molecule has 1 heterocycles. The molecule has 1 atom stereocenters. The van der Waals surface area contributed by atoms with Crippen LogP contribution in [0.2, 0.25) is 5.02 Å². The van der Waals surface area contributed by atoms with Crippen LogP contribution in [0.3, 0.4) is 0 Å². The van der Waals surface area contributed by atoms with Gasteiger partial charge in [-0.2, -0.15) is 4.40 Å². The minimum atomic E-state index is -1.25. The van der Waals surface area contributed by atoms with E-state index in [2.05, 4.69) is 20.3 Å². The highest BCUT2D eigenvalue weighted by Gasteiger charge is 2.20. The smallest absolute Gasteiger partial charge is 0.145 e. The van der Waals surface area contributed by atoms with Gasteiger partial charge in [0, 0.05) is 0 Å². The van der Waals surface area contributed by atoms with Crippen molar-refractivity contribution in [3.8, 4) is 0 Å². The zero-order chi connectivity index (χ0) is 12.5. The molecule has 6 heteroatoms. The molecule has 0 saturated heterocycles. The molecule has 16 heavy (non-hydrogen) atoms. The lowest BCUT2D eigenvalue weighted by molar-refractivity contribution is 0.650. The fourth-order valence-corrected chi connectivity index (χ4v) is 3.56. The van der Waals surface area contributed by atoms with Gasteiger partial charge in [-0.1, -0.05) is 11.6 Å². The van der Waals surface area contributed by atoms with Crippen LogP contribution < -0.4 is 0 Å². The lowest BCUT2D eigenvalue weighted by Crippen LogP contribution is -2.20. The van der Waals surface area contributed by atoms with Crippen molar-refractivity contribution in [2.75, 3.05) is 0 Å². The molecule has 0 radical (unpaired) electrons. The van der Waals surface area contributed by atoms with Crippen molar-refractivity contribution >= 4 is 55.6 Å². The number of halogens is 2. The SMILES string of the molecule is CC(=NS(=O)C(C)(C)C)c1sc(Br)cc1Cl. The first-order chi connectivity index (χ1) is 7.21. The second-order valence-electron chi connectivity index (χ2n) is 4.27. The van der Waals surface area contributed by atoms with Crippen LogP contribution in [0.15, 0.2) is 14.3 Å². The van der Waals surface area contributed by atoms with Gasteiger partial charge in [-0.05, 0) is 49.7 Å². The van der Waals surface area contributed by atoms with E-state index < -0.39 is 11.0 Å². The highest BCUT2D eigenvalue weighted by Crippen LogP contribution is 2.31. The third-order valence-corrected chi connectivity index (χ3v) is 5.37. The maximum atomic E-state index is 11.8. The Morgan fingerprint density at radius 2 is 2.12 bits per heavy atom. The van der Waals surface area contributed by atoms with Crippen molar-refractivity contribution in [3.63, 3.8) is 0 Å². The van der Waals surface area contributed by atoms with E-state index >= 15 is 0 Å². The van der Waals surface area contributed by atoms with Crippen LogP contribution in [0, 0.1) is 0 Å². The Kier molecular flexibility index (Phi) is 4.75. The number of nitrogens with zero attached hydrogens (tertiary/aromatic N) is 1. The highest BCUT2D eigenvalue weighted by molar-refractivity contribution is 9.11. The van der Waals surface area contributed by atoms with E-state index in [9.17, 15) is 4.21 Å². The quantitative estimate of drug-likeness (QED) is 0.731. The average molecular weight is 343 g/mol. The first-order valence-corrected chi connectivity index (χ1v) is 7.73. The molecule has 1 aromatic rings. The summed E-state index contributed by atoms with van der Waals surface area (Å²) in [5.41, 5.74) is 0.717. The largest absolute Gasteiger partial charge is 0.234 e. The van der Waals surface area contributed by atoms with Crippen LogP contribution in [0.4, 0.5) is 0 Å². The molecule has 1 rings (SSSR count). The van der Waals surface area contributed by atoms with E-state index in [0.29, 0.717) is 10.7 Å². The van der Waals surface area contributed by atoms with Crippen molar-refractivity contribution in [2.24, 2.45) is 4.40 Å². The number of hydrogen-bond acceptors (Lipinski definition) is 2. The van der Waals surface area contributed by atoms with Crippen molar-refractivity contribution in [3.05, 3.63) is 19.8 Å². The second-order valence-corrected chi connectivity index (χ2v) is 9.01. The van der Waals surface area contributed by atoms with Gasteiger partial charge in [-0.15, -0.1) is 11.3 Å². The molecule has 0 fully saturated rings. The first kappa shape index (κ1) is 14.4. The van der Waals surface area contributed by atoms with Crippen molar-refractivity contribution in [2.45, 2.75) is 32.4 Å². The molecule has 0 N–H and O–H groups in total. The molecular formula is C10H13BrClNOS2. The Morgan fingerprint density at radius 3 is 2.50 bits per heavy atom. The van der Waals surface area contributed by atoms with Crippen molar-refractivity contribution in [1.82, 2.24) is 0 Å². The van der Waals surface area contributed by atoms with Crippen molar-refractivity contribution in [1.29, 1.82) is 0 Å². The van der Waals surface area contributed by atoms with E-state index in [1.807, 2.05) is 33.8 Å². The van der Waals surface area contributed by atoms with Gasteiger partial charge < -0.3 is 0 Å².